The summed E-state index contributed by atoms with van der Waals surface area (Å²) in [5.41, 5.74) is 1.19. The zero-order valence-electron chi connectivity index (χ0n) is 13.8. The standard InChI is InChI=1S/2C7H8O3S.C2H6O2/c2*8-11(9,10)6-7-4-2-1-3-5-7;3-1-2-4/h2*1-5H,6H2,(H,8,9,10);3-4H,1-2H2. The lowest BCUT2D eigenvalue weighted by molar-refractivity contribution is 0.186. The molecule has 0 unspecified atom stereocenters. The summed E-state index contributed by atoms with van der Waals surface area (Å²) in [7, 11) is -7.75. The number of hydrogen-bond acceptors (Lipinski definition) is 6. The summed E-state index contributed by atoms with van der Waals surface area (Å²) in [6.07, 6.45) is 0. The zero-order valence-corrected chi connectivity index (χ0v) is 15.5. The van der Waals surface area contributed by atoms with Crippen molar-refractivity contribution in [2.75, 3.05) is 13.2 Å². The molecule has 146 valence electrons. The molecular formula is C16H22O8S2. The Labute approximate surface area is 153 Å². The van der Waals surface area contributed by atoms with Crippen molar-refractivity contribution in [3.63, 3.8) is 0 Å². The second-order valence-corrected chi connectivity index (χ2v) is 7.78. The number of aliphatic hydroxyl groups excluding tert-OH is 2. The van der Waals surface area contributed by atoms with Crippen LogP contribution in [0.5, 0.6) is 0 Å². The van der Waals surface area contributed by atoms with E-state index in [4.69, 9.17) is 19.3 Å². The van der Waals surface area contributed by atoms with Gasteiger partial charge >= 0.3 is 0 Å². The molecule has 0 radical (unpaired) electrons. The second-order valence-electron chi connectivity index (χ2n) is 4.87. The Kier molecular flexibility index (Phi) is 11.6. The topological polar surface area (TPSA) is 149 Å². The van der Waals surface area contributed by atoms with Gasteiger partial charge in [-0.3, -0.25) is 9.11 Å². The minimum atomic E-state index is -3.88. The maximum absolute atomic E-state index is 10.4. The lowest BCUT2D eigenvalue weighted by Crippen LogP contribution is -2.00. The lowest BCUT2D eigenvalue weighted by Gasteiger charge is -1.95. The van der Waals surface area contributed by atoms with Gasteiger partial charge in [0.15, 0.2) is 0 Å². The van der Waals surface area contributed by atoms with E-state index in [-0.39, 0.29) is 24.7 Å². The van der Waals surface area contributed by atoms with Crippen molar-refractivity contribution in [1.29, 1.82) is 0 Å². The monoisotopic (exact) mass is 406 g/mol. The van der Waals surface area contributed by atoms with Gasteiger partial charge in [0.05, 0.1) is 13.2 Å². The van der Waals surface area contributed by atoms with Gasteiger partial charge in [0, 0.05) is 0 Å². The smallest absolute Gasteiger partial charge is 0.269 e. The third kappa shape index (κ3) is 15.7. The quantitative estimate of drug-likeness (QED) is 0.540. The minimum Gasteiger partial charge on any atom is -0.394 e. The van der Waals surface area contributed by atoms with Gasteiger partial charge in [-0.05, 0) is 11.1 Å². The van der Waals surface area contributed by atoms with Gasteiger partial charge in [0.1, 0.15) is 11.5 Å². The van der Waals surface area contributed by atoms with Gasteiger partial charge in [0.2, 0.25) is 0 Å². The molecule has 4 N–H and O–H groups in total. The summed E-state index contributed by atoms with van der Waals surface area (Å²) >= 11 is 0. The molecule has 0 fully saturated rings. The molecule has 2 aromatic rings. The predicted molar refractivity (Wildman–Crippen MR) is 97.6 cm³/mol. The highest BCUT2D eigenvalue weighted by atomic mass is 32.2. The fourth-order valence-corrected chi connectivity index (χ4v) is 2.80. The summed E-state index contributed by atoms with van der Waals surface area (Å²) < 4.78 is 58.3. The highest BCUT2D eigenvalue weighted by molar-refractivity contribution is 7.85. The van der Waals surface area contributed by atoms with Crippen LogP contribution in [-0.2, 0) is 31.7 Å². The van der Waals surface area contributed by atoms with Crippen molar-refractivity contribution in [1.82, 2.24) is 0 Å². The molecule has 8 nitrogen and oxygen atoms in total. The fraction of sp³-hybridized carbons (Fsp3) is 0.250. The third-order valence-electron chi connectivity index (χ3n) is 2.48. The van der Waals surface area contributed by atoms with E-state index in [0.717, 1.165) is 0 Å². The Balaban J connectivity index is 0.000000401. The van der Waals surface area contributed by atoms with E-state index in [1.807, 2.05) is 0 Å². The molecule has 0 aromatic heterocycles. The van der Waals surface area contributed by atoms with E-state index >= 15 is 0 Å². The first-order chi connectivity index (χ1) is 12.1. The minimum absolute atomic E-state index is 0.125. The summed E-state index contributed by atoms with van der Waals surface area (Å²) in [5, 5.41) is 15.2. The van der Waals surface area contributed by atoms with E-state index in [9.17, 15) is 16.8 Å². The van der Waals surface area contributed by atoms with Crippen molar-refractivity contribution in [2.24, 2.45) is 0 Å². The third-order valence-corrected chi connectivity index (χ3v) is 3.88. The van der Waals surface area contributed by atoms with E-state index in [2.05, 4.69) is 0 Å². The van der Waals surface area contributed by atoms with Crippen LogP contribution in [-0.4, -0.2) is 49.4 Å². The molecule has 0 spiro atoms. The Morgan fingerprint density at radius 1 is 0.577 bits per heavy atom. The molecule has 2 rings (SSSR count). The van der Waals surface area contributed by atoms with Crippen LogP contribution in [0.15, 0.2) is 60.7 Å². The first kappa shape index (κ1) is 24.2. The molecule has 0 aliphatic carbocycles. The number of benzene rings is 2. The van der Waals surface area contributed by atoms with Gasteiger partial charge in [-0.2, -0.15) is 16.8 Å². The molecule has 0 heterocycles. The summed E-state index contributed by atoms with van der Waals surface area (Å²) in [5.74, 6) is -0.623. The first-order valence-electron chi connectivity index (χ1n) is 7.27. The number of rotatable bonds is 5. The molecule has 0 saturated carbocycles. The van der Waals surface area contributed by atoms with E-state index in [1.54, 1.807) is 60.7 Å². The average molecular weight is 406 g/mol. The van der Waals surface area contributed by atoms with Crippen LogP contribution < -0.4 is 0 Å². The maximum Gasteiger partial charge on any atom is 0.269 e. The Morgan fingerprint density at radius 3 is 1.04 bits per heavy atom. The molecule has 0 atom stereocenters. The Hall–Kier alpha value is -1.82. The highest BCUT2D eigenvalue weighted by Gasteiger charge is 2.05. The van der Waals surface area contributed by atoms with Crippen LogP contribution in [0, 0.1) is 0 Å². The van der Waals surface area contributed by atoms with E-state index < -0.39 is 20.2 Å². The molecule has 0 aliphatic heterocycles. The second kappa shape index (κ2) is 12.5. The van der Waals surface area contributed by atoms with Gasteiger partial charge < -0.3 is 10.2 Å². The SMILES string of the molecule is O=S(=O)(O)Cc1ccccc1.O=S(=O)(O)Cc1ccccc1.OCCO. The number of hydrogen-bond donors (Lipinski definition) is 4. The molecule has 2 aromatic carbocycles. The van der Waals surface area contributed by atoms with Crippen LogP contribution in [0.2, 0.25) is 0 Å². The van der Waals surface area contributed by atoms with Crippen molar-refractivity contribution in [3.8, 4) is 0 Å². The Morgan fingerprint density at radius 2 is 0.846 bits per heavy atom. The highest BCUT2D eigenvalue weighted by Crippen LogP contribution is 2.03. The molecule has 10 heteroatoms. The maximum atomic E-state index is 10.4. The van der Waals surface area contributed by atoms with Gasteiger partial charge in [-0.1, -0.05) is 60.7 Å². The summed E-state index contributed by atoms with van der Waals surface area (Å²) in [4.78, 5) is 0. The fourth-order valence-electron chi connectivity index (χ4n) is 1.57. The van der Waals surface area contributed by atoms with Crippen LogP contribution in [0.1, 0.15) is 11.1 Å². The van der Waals surface area contributed by atoms with E-state index in [1.165, 1.54) is 0 Å². The van der Waals surface area contributed by atoms with Crippen molar-refractivity contribution >= 4 is 20.2 Å². The molecule has 26 heavy (non-hydrogen) atoms. The van der Waals surface area contributed by atoms with Crippen molar-refractivity contribution in [3.05, 3.63) is 71.8 Å². The van der Waals surface area contributed by atoms with Crippen LogP contribution >= 0.6 is 0 Å². The van der Waals surface area contributed by atoms with Crippen LogP contribution in [0.3, 0.4) is 0 Å². The molecule has 0 aliphatic rings. The van der Waals surface area contributed by atoms with Crippen LogP contribution in [0.4, 0.5) is 0 Å². The predicted octanol–water partition coefficient (Wildman–Crippen LogP) is 1.12. The molecule has 0 amide bonds. The average Bonchev–Trinajstić information content (AvgIpc) is 2.54. The normalized spacial score (nSPS) is 10.8. The molecule has 0 saturated heterocycles. The van der Waals surface area contributed by atoms with Gasteiger partial charge in [-0.25, -0.2) is 0 Å². The summed E-state index contributed by atoms with van der Waals surface area (Å²) in [6.45, 7) is -0.250. The van der Waals surface area contributed by atoms with E-state index in [0.29, 0.717) is 11.1 Å². The van der Waals surface area contributed by atoms with Crippen LogP contribution in [0.25, 0.3) is 0 Å². The van der Waals surface area contributed by atoms with Crippen molar-refractivity contribution < 1.29 is 36.2 Å². The van der Waals surface area contributed by atoms with Crippen molar-refractivity contribution in [2.45, 2.75) is 11.5 Å². The Bertz CT molecular complexity index is 732. The number of aliphatic hydroxyl groups is 2. The van der Waals surface area contributed by atoms with Gasteiger partial charge in [0.25, 0.3) is 20.2 Å². The summed E-state index contributed by atoms with van der Waals surface area (Å²) in [6, 6.07) is 17.0. The van der Waals surface area contributed by atoms with Gasteiger partial charge in [-0.15, -0.1) is 0 Å². The largest absolute Gasteiger partial charge is 0.394 e. The first-order valence-corrected chi connectivity index (χ1v) is 10.5. The molecular weight excluding hydrogens is 384 g/mol. The zero-order chi connectivity index (χ0) is 20.1. The lowest BCUT2D eigenvalue weighted by atomic mass is 10.2. The molecule has 0 bridgehead atoms.